The molecule has 1 aromatic carbocycles. The van der Waals surface area contributed by atoms with E-state index in [1.165, 1.54) is 22.7 Å². The molecule has 2 heterocycles. The molecule has 0 saturated carbocycles. The summed E-state index contributed by atoms with van der Waals surface area (Å²) >= 11 is 1.28. The first kappa shape index (κ1) is 14.5. The van der Waals surface area contributed by atoms with Crippen LogP contribution in [-0.4, -0.2) is 20.1 Å². The average molecular weight is 312 g/mol. The van der Waals surface area contributed by atoms with Crippen LogP contribution >= 0.6 is 11.5 Å². The molecule has 2 aromatic heterocycles. The van der Waals surface area contributed by atoms with Crippen LogP contribution in [0.4, 0.5) is 5.69 Å². The summed E-state index contributed by atoms with van der Waals surface area (Å²) in [5, 5.41) is 8.89. The van der Waals surface area contributed by atoms with Gasteiger partial charge in [-0.2, -0.15) is 9.47 Å². The van der Waals surface area contributed by atoms with Crippen LogP contribution in [0.15, 0.2) is 42.0 Å². The number of rotatable bonds is 4. The molecule has 1 amide bonds. The van der Waals surface area contributed by atoms with E-state index >= 15 is 0 Å². The number of nitrogens with one attached hydrogen (secondary N) is 1. The third kappa shape index (κ3) is 3.23. The highest BCUT2D eigenvalue weighted by Gasteiger charge is 2.12. The molecule has 22 heavy (non-hydrogen) atoms. The molecule has 0 bridgehead atoms. The Kier molecular flexibility index (Phi) is 4.02. The maximum absolute atomic E-state index is 12.1. The van der Waals surface area contributed by atoms with E-state index < -0.39 is 0 Å². The predicted molar refractivity (Wildman–Crippen MR) is 87.3 cm³/mol. The number of carbonyl (C=O) groups excluding carboxylic acids is 1. The van der Waals surface area contributed by atoms with Gasteiger partial charge < -0.3 is 5.32 Å². The molecule has 3 rings (SSSR count). The van der Waals surface area contributed by atoms with Crippen LogP contribution in [0, 0.1) is 13.8 Å². The SMILES string of the molecule is Cc1cccc(Cn2cc(NC(=O)c3csnc3C)cn2)c1. The summed E-state index contributed by atoms with van der Waals surface area (Å²) in [4.78, 5) is 12.1. The summed E-state index contributed by atoms with van der Waals surface area (Å²) in [6.07, 6.45) is 3.48. The van der Waals surface area contributed by atoms with Crippen molar-refractivity contribution in [3.63, 3.8) is 0 Å². The zero-order valence-corrected chi connectivity index (χ0v) is 13.2. The molecule has 3 aromatic rings. The Hall–Kier alpha value is -2.47. The Morgan fingerprint density at radius 1 is 1.36 bits per heavy atom. The number of carbonyl (C=O) groups is 1. The summed E-state index contributed by atoms with van der Waals surface area (Å²) < 4.78 is 5.92. The van der Waals surface area contributed by atoms with Gasteiger partial charge in [-0.15, -0.1) is 0 Å². The molecule has 0 spiro atoms. The first-order chi connectivity index (χ1) is 10.6. The van der Waals surface area contributed by atoms with Gasteiger partial charge in [0.15, 0.2) is 0 Å². The van der Waals surface area contributed by atoms with Crippen LogP contribution in [0.5, 0.6) is 0 Å². The number of amides is 1. The van der Waals surface area contributed by atoms with E-state index in [0.29, 0.717) is 17.8 Å². The molecule has 0 aliphatic heterocycles. The molecule has 0 atom stereocenters. The van der Waals surface area contributed by atoms with Gasteiger partial charge in [0.2, 0.25) is 0 Å². The lowest BCUT2D eigenvalue weighted by molar-refractivity contribution is 0.102. The van der Waals surface area contributed by atoms with Crippen molar-refractivity contribution >= 4 is 23.1 Å². The fourth-order valence-electron chi connectivity index (χ4n) is 2.22. The van der Waals surface area contributed by atoms with E-state index in [-0.39, 0.29) is 5.91 Å². The molecular formula is C16H16N4OS. The van der Waals surface area contributed by atoms with Gasteiger partial charge >= 0.3 is 0 Å². The van der Waals surface area contributed by atoms with Crippen molar-refractivity contribution in [2.75, 3.05) is 5.32 Å². The lowest BCUT2D eigenvalue weighted by atomic mass is 10.1. The van der Waals surface area contributed by atoms with Crippen LogP contribution in [0.2, 0.25) is 0 Å². The summed E-state index contributed by atoms with van der Waals surface area (Å²) in [5.41, 5.74) is 4.44. The normalized spacial score (nSPS) is 10.6. The van der Waals surface area contributed by atoms with E-state index in [1.807, 2.05) is 23.9 Å². The van der Waals surface area contributed by atoms with Crippen molar-refractivity contribution in [2.24, 2.45) is 0 Å². The topological polar surface area (TPSA) is 59.8 Å². The highest BCUT2D eigenvalue weighted by molar-refractivity contribution is 7.04. The van der Waals surface area contributed by atoms with Crippen molar-refractivity contribution in [3.8, 4) is 0 Å². The van der Waals surface area contributed by atoms with Crippen molar-refractivity contribution in [2.45, 2.75) is 20.4 Å². The summed E-state index contributed by atoms with van der Waals surface area (Å²) in [6.45, 7) is 4.57. The van der Waals surface area contributed by atoms with Gasteiger partial charge in [-0.3, -0.25) is 9.48 Å². The molecule has 5 nitrogen and oxygen atoms in total. The molecule has 0 aliphatic rings. The Morgan fingerprint density at radius 3 is 2.95 bits per heavy atom. The Bertz CT molecular complexity index is 806. The maximum Gasteiger partial charge on any atom is 0.258 e. The fraction of sp³-hybridized carbons (Fsp3) is 0.188. The first-order valence-electron chi connectivity index (χ1n) is 6.92. The Balaban J connectivity index is 1.69. The average Bonchev–Trinajstić information content (AvgIpc) is 3.08. The smallest absolute Gasteiger partial charge is 0.258 e. The second kappa shape index (κ2) is 6.11. The lowest BCUT2D eigenvalue weighted by Gasteiger charge is -2.03. The molecule has 0 saturated heterocycles. The highest BCUT2D eigenvalue weighted by Crippen LogP contribution is 2.14. The number of hydrogen-bond acceptors (Lipinski definition) is 4. The third-order valence-electron chi connectivity index (χ3n) is 3.31. The molecule has 6 heteroatoms. The van der Waals surface area contributed by atoms with Crippen LogP contribution in [0.1, 0.15) is 27.2 Å². The van der Waals surface area contributed by atoms with Crippen LogP contribution in [0.25, 0.3) is 0 Å². The monoisotopic (exact) mass is 312 g/mol. The summed E-state index contributed by atoms with van der Waals surface area (Å²) in [5.74, 6) is -0.152. The minimum absolute atomic E-state index is 0.152. The first-order valence-corrected chi connectivity index (χ1v) is 7.76. The van der Waals surface area contributed by atoms with Crippen LogP contribution in [-0.2, 0) is 6.54 Å². The van der Waals surface area contributed by atoms with Gasteiger partial charge in [0, 0.05) is 11.6 Å². The van der Waals surface area contributed by atoms with E-state index in [9.17, 15) is 4.79 Å². The Morgan fingerprint density at radius 2 is 2.23 bits per heavy atom. The lowest BCUT2D eigenvalue weighted by Crippen LogP contribution is -2.11. The second-order valence-corrected chi connectivity index (χ2v) is 5.81. The molecule has 0 unspecified atom stereocenters. The summed E-state index contributed by atoms with van der Waals surface area (Å²) in [7, 11) is 0. The van der Waals surface area contributed by atoms with Gasteiger partial charge in [0.05, 0.1) is 29.7 Å². The quantitative estimate of drug-likeness (QED) is 0.804. The van der Waals surface area contributed by atoms with E-state index in [1.54, 1.807) is 11.6 Å². The number of benzene rings is 1. The highest BCUT2D eigenvalue weighted by atomic mass is 32.1. The minimum Gasteiger partial charge on any atom is -0.319 e. The van der Waals surface area contributed by atoms with Gasteiger partial charge in [0.1, 0.15) is 0 Å². The van der Waals surface area contributed by atoms with Crippen LogP contribution in [0.3, 0.4) is 0 Å². The number of aromatic nitrogens is 3. The zero-order valence-electron chi connectivity index (χ0n) is 12.4. The number of nitrogens with zero attached hydrogens (tertiary/aromatic N) is 3. The molecule has 1 N–H and O–H groups in total. The number of aryl methyl sites for hydroxylation is 2. The number of anilines is 1. The molecule has 0 fully saturated rings. The van der Waals surface area contributed by atoms with Crippen LogP contribution < -0.4 is 5.32 Å². The molecule has 112 valence electrons. The maximum atomic E-state index is 12.1. The standard InChI is InChI=1S/C16H16N4OS/c1-11-4-3-5-13(6-11)8-20-9-14(7-17-20)18-16(21)15-10-22-19-12(15)2/h3-7,9-10H,8H2,1-2H3,(H,18,21). The van der Waals surface area contributed by atoms with Gasteiger partial charge in [-0.25, -0.2) is 0 Å². The second-order valence-electron chi connectivity index (χ2n) is 5.18. The van der Waals surface area contributed by atoms with Gasteiger partial charge in [0.25, 0.3) is 5.91 Å². The van der Waals surface area contributed by atoms with E-state index in [0.717, 1.165) is 5.69 Å². The number of hydrogen-bond donors (Lipinski definition) is 1. The molecule has 0 radical (unpaired) electrons. The van der Waals surface area contributed by atoms with Crippen molar-refractivity contribution in [1.82, 2.24) is 14.2 Å². The van der Waals surface area contributed by atoms with Crippen molar-refractivity contribution in [3.05, 3.63) is 64.4 Å². The predicted octanol–water partition coefficient (Wildman–Crippen LogP) is 3.26. The largest absolute Gasteiger partial charge is 0.319 e. The summed E-state index contributed by atoms with van der Waals surface area (Å²) in [6, 6.07) is 8.28. The molecular weight excluding hydrogens is 296 g/mol. The zero-order chi connectivity index (χ0) is 15.5. The Labute approximate surface area is 132 Å². The van der Waals surface area contributed by atoms with Gasteiger partial charge in [-0.1, -0.05) is 29.8 Å². The fourth-order valence-corrected chi connectivity index (χ4v) is 2.91. The van der Waals surface area contributed by atoms with Gasteiger partial charge in [-0.05, 0) is 30.9 Å². The molecule has 0 aliphatic carbocycles. The minimum atomic E-state index is -0.152. The van der Waals surface area contributed by atoms with E-state index in [2.05, 4.69) is 39.9 Å². The third-order valence-corrected chi connectivity index (χ3v) is 4.03. The van der Waals surface area contributed by atoms with Crippen molar-refractivity contribution < 1.29 is 4.79 Å². The van der Waals surface area contributed by atoms with Crippen molar-refractivity contribution in [1.29, 1.82) is 0 Å². The van der Waals surface area contributed by atoms with E-state index in [4.69, 9.17) is 0 Å².